The van der Waals surface area contributed by atoms with Crippen molar-refractivity contribution in [3.63, 3.8) is 0 Å². The highest BCUT2D eigenvalue weighted by molar-refractivity contribution is 6.31. The average molecular weight is 424 g/mol. The predicted molar refractivity (Wildman–Crippen MR) is 119 cm³/mol. The number of fused-ring (bicyclic) bond motifs is 1. The summed E-state index contributed by atoms with van der Waals surface area (Å²) in [5.74, 6) is 0.686. The first-order valence-corrected chi connectivity index (χ1v) is 11.2. The maximum absolute atomic E-state index is 13.0. The highest BCUT2D eigenvalue weighted by Crippen LogP contribution is 2.35. The number of aromatic nitrogens is 1. The fourth-order valence-corrected chi connectivity index (χ4v) is 5.06. The van der Waals surface area contributed by atoms with E-state index in [-0.39, 0.29) is 17.9 Å². The number of nitrogens with one attached hydrogen (secondary N) is 1. The fourth-order valence-electron chi connectivity index (χ4n) is 4.89. The van der Waals surface area contributed by atoms with Crippen molar-refractivity contribution in [2.45, 2.75) is 44.1 Å². The minimum Gasteiger partial charge on any atom is -0.423 e. The zero-order chi connectivity index (χ0) is 20.5. The number of piperidine rings is 1. The van der Waals surface area contributed by atoms with Crippen LogP contribution in [-0.2, 0) is 4.79 Å². The topological polar surface area (TPSA) is 58.4 Å². The molecule has 1 saturated heterocycles. The molecule has 1 saturated carbocycles. The van der Waals surface area contributed by atoms with Gasteiger partial charge in [-0.3, -0.25) is 4.79 Å². The molecule has 0 spiro atoms. The third kappa shape index (κ3) is 3.91. The number of amides is 1. The molecule has 2 aliphatic rings. The lowest BCUT2D eigenvalue weighted by molar-refractivity contribution is -0.126. The van der Waals surface area contributed by atoms with E-state index >= 15 is 0 Å². The molecule has 1 amide bonds. The molecule has 30 heavy (non-hydrogen) atoms. The smallest absolute Gasteiger partial charge is 0.298 e. The van der Waals surface area contributed by atoms with Gasteiger partial charge < -0.3 is 14.6 Å². The van der Waals surface area contributed by atoms with Crippen molar-refractivity contribution in [1.29, 1.82) is 0 Å². The second kappa shape index (κ2) is 8.31. The molecule has 5 rings (SSSR count). The number of halogens is 1. The molecule has 1 aliphatic carbocycles. The van der Waals surface area contributed by atoms with E-state index < -0.39 is 0 Å². The molecule has 1 aromatic heterocycles. The monoisotopic (exact) mass is 423 g/mol. The molecule has 6 heteroatoms. The van der Waals surface area contributed by atoms with Gasteiger partial charge >= 0.3 is 0 Å². The SMILES string of the molecule is O=C(N[C@H]1CCC[C@@H]1c1ccccc1)C1CCN(c2nc3cc(Cl)ccc3o2)CC1. The zero-order valence-electron chi connectivity index (χ0n) is 16.9. The van der Waals surface area contributed by atoms with Gasteiger partial charge in [0, 0.05) is 36.0 Å². The number of oxazole rings is 1. The molecule has 2 atom stereocenters. The van der Waals surface area contributed by atoms with E-state index in [1.807, 2.05) is 18.2 Å². The van der Waals surface area contributed by atoms with Crippen LogP contribution >= 0.6 is 11.6 Å². The van der Waals surface area contributed by atoms with Gasteiger partial charge in [0.1, 0.15) is 5.52 Å². The second-order valence-electron chi connectivity index (χ2n) is 8.43. The van der Waals surface area contributed by atoms with E-state index in [0.717, 1.165) is 49.9 Å². The maximum Gasteiger partial charge on any atom is 0.298 e. The van der Waals surface area contributed by atoms with Crippen molar-refractivity contribution < 1.29 is 9.21 Å². The molecule has 0 unspecified atom stereocenters. The normalized spacial score (nSPS) is 22.5. The van der Waals surface area contributed by atoms with Crippen LogP contribution < -0.4 is 10.2 Å². The zero-order valence-corrected chi connectivity index (χ0v) is 17.6. The molecule has 5 nitrogen and oxygen atoms in total. The Hall–Kier alpha value is -2.53. The summed E-state index contributed by atoms with van der Waals surface area (Å²) in [5.41, 5.74) is 2.85. The summed E-state index contributed by atoms with van der Waals surface area (Å²) in [7, 11) is 0. The van der Waals surface area contributed by atoms with Crippen LogP contribution in [0.25, 0.3) is 11.1 Å². The molecular formula is C24H26ClN3O2. The van der Waals surface area contributed by atoms with E-state index in [1.165, 1.54) is 12.0 Å². The van der Waals surface area contributed by atoms with Gasteiger partial charge in [0.2, 0.25) is 5.91 Å². The van der Waals surface area contributed by atoms with Crippen LogP contribution in [0, 0.1) is 5.92 Å². The van der Waals surface area contributed by atoms with Gasteiger partial charge in [0.25, 0.3) is 6.01 Å². The third-order valence-corrected chi connectivity index (χ3v) is 6.78. The molecule has 0 bridgehead atoms. The van der Waals surface area contributed by atoms with Gasteiger partial charge in [-0.2, -0.15) is 4.98 Å². The first kappa shape index (κ1) is 19.4. The fraction of sp³-hybridized carbons (Fsp3) is 0.417. The Morgan fingerprint density at radius 1 is 1.07 bits per heavy atom. The van der Waals surface area contributed by atoms with Gasteiger partial charge in [-0.1, -0.05) is 48.4 Å². The van der Waals surface area contributed by atoms with Crippen LogP contribution in [0.2, 0.25) is 5.02 Å². The summed E-state index contributed by atoms with van der Waals surface area (Å²) in [4.78, 5) is 19.7. The highest BCUT2D eigenvalue weighted by Gasteiger charge is 2.33. The summed E-state index contributed by atoms with van der Waals surface area (Å²) >= 11 is 6.05. The summed E-state index contributed by atoms with van der Waals surface area (Å²) in [5, 5.41) is 4.02. The van der Waals surface area contributed by atoms with Crippen LogP contribution in [0.4, 0.5) is 6.01 Å². The summed E-state index contributed by atoms with van der Waals surface area (Å²) in [6, 6.07) is 16.9. The van der Waals surface area contributed by atoms with E-state index in [9.17, 15) is 4.79 Å². The van der Waals surface area contributed by atoms with Crippen molar-refractivity contribution in [3.05, 3.63) is 59.1 Å². The van der Waals surface area contributed by atoms with Gasteiger partial charge in [-0.05, 0) is 49.4 Å². The highest BCUT2D eigenvalue weighted by atomic mass is 35.5. The second-order valence-corrected chi connectivity index (χ2v) is 8.87. The summed E-state index contributed by atoms with van der Waals surface area (Å²) in [6.07, 6.45) is 5.01. The van der Waals surface area contributed by atoms with Crippen LogP contribution in [0.3, 0.4) is 0 Å². The predicted octanol–water partition coefficient (Wildman–Crippen LogP) is 5.15. The molecule has 3 aromatic rings. The van der Waals surface area contributed by atoms with Crippen molar-refractivity contribution in [2.24, 2.45) is 5.92 Å². The van der Waals surface area contributed by atoms with Gasteiger partial charge in [-0.25, -0.2) is 0 Å². The molecule has 156 valence electrons. The van der Waals surface area contributed by atoms with Gasteiger partial charge in [-0.15, -0.1) is 0 Å². The lowest BCUT2D eigenvalue weighted by Crippen LogP contribution is -2.44. The Kier molecular flexibility index (Phi) is 5.38. The van der Waals surface area contributed by atoms with E-state index in [2.05, 4.69) is 39.5 Å². The van der Waals surface area contributed by atoms with Crippen LogP contribution in [0.1, 0.15) is 43.6 Å². The summed E-state index contributed by atoms with van der Waals surface area (Å²) < 4.78 is 5.88. The van der Waals surface area contributed by atoms with Crippen molar-refractivity contribution in [2.75, 3.05) is 18.0 Å². The Balaban J connectivity index is 1.19. The number of rotatable bonds is 4. The maximum atomic E-state index is 13.0. The standard InChI is InChI=1S/C24H26ClN3O2/c25-18-9-10-22-21(15-18)27-24(30-22)28-13-11-17(12-14-28)23(29)26-20-8-4-7-19(20)16-5-2-1-3-6-16/h1-3,5-6,9-10,15,17,19-20H,4,7-8,11-14H2,(H,26,29)/t19-,20+/m1/s1. The first-order valence-electron chi connectivity index (χ1n) is 10.8. The minimum atomic E-state index is 0.0529. The Morgan fingerprint density at radius 3 is 2.67 bits per heavy atom. The number of anilines is 1. The number of carbonyl (C=O) groups is 1. The number of hydrogen-bond acceptors (Lipinski definition) is 4. The van der Waals surface area contributed by atoms with E-state index in [1.54, 1.807) is 6.07 Å². The largest absolute Gasteiger partial charge is 0.423 e. The number of benzene rings is 2. The summed E-state index contributed by atoms with van der Waals surface area (Å²) in [6.45, 7) is 1.54. The van der Waals surface area contributed by atoms with Crippen LogP contribution in [-0.4, -0.2) is 30.0 Å². The minimum absolute atomic E-state index is 0.0529. The quantitative estimate of drug-likeness (QED) is 0.630. The number of nitrogens with zero attached hydrogens (tertiary/aromatic N) is 2. The first-order chi connectivity index (χ1) is 14.7. The Morgan fingerprint density at radius 2 is 1.87 bits per heavy atom. The molecule has 2 aromatic carbocycles. The molecule has 1 aliphatic heterocycles. The molecule has 2 fully saturated rings. The van der Waals surface area contributed by atoms with Gasteiger partial charge in [0.05, 0.1) is 0 Å². The number of carbonyl (C=O) groups excluding carboxylic acids is 1. The van der Waals surface area contributed by atoms with Crippen molar-refractivity contribution in [1.82, 2.24) is 10.3 Å². The lowest BCUT2D eigenvalue weighted by Gasteiger charge is -2.31. The average Bonchev–Trinajstić information content (AvgIpc) is 3.41. The Labute approximate surface area is 181 Å². The number of hydrogen-bond donors (Lipinski definition) is 1. The molecule has 2 heterocycles. The van der Waals surface area contributed by atoms with E-state index in [4.69, 9.17) is 16.0 Å². The lowest BCUT2D eigenvalue weighted by atomic mass is 9.92. The van der Waals surface area contributed by atoms with Crippen LogP contribution in [0.5, 0.6) is 0 Å². The molecule has 1 N–H and O–H groups in total. The van der Waals surface area contributed by atoms with Crippen molar-refractivity contribution in [3.8, 4) is 0 Å². The van der Waals surface area contributed by atoms with Gasteiger partial charge in [0.15, 0.2) is 5.58 Å². The molecule has 0 radical (unpaired) electrons. The van der Waals surface area contributed by atoms with E-state index in [0.29, 0.717) is 17.0 Å². The Bertz CT molecular complexity index is 1030. The third-order valence-electron chi connectivity index (χ3n) is 6.55. The van der Waals surface area contributed by atoms with Crippen molar-refractivity contribution >= 4 is 34.6 Å². The van der Waals surface area contributed by atoms with Crippen LogP contribution in [0.15, 0.2) is 52.9 Å². The molecular weight excluding hydrogens is 398 g/mol.